The van der Waals surface area contributed by atoms with Gasteiger partial charge in [-0.2, -0.15) is 0 Å². The number of aryl methyl sites for hydroxylation is 3. The fourth-order valence-electron chi connectivity index (χ4n) is 5.00. The Balaban J connectivity index is 0.000000150. The van der Waals surface area contributed by atoms with Gasteiger partial charge in [0.1, 0.15) is 11.5 Å². The fourth-order valence-corrected chi connectivity index (χ4v) is 5.00. The molecular formula is C41H40O2. The molecule has 6 aromatic rings. The van der Waals surface area contributed by atoms with Crippen molar-refractivity contribution in [2.75, 3.05) is 14.2 Å². The molecule has 0 amide bonds. The maximum atomic E-state index is 5.42. The largest absolute Gasteiger partial charge is 0.496 e. The molecule has 6 rings (SSSR count). The van der Waals surface area contributed by atoms with Gasteiger partial charge in [0.2, 0.25) is 0 Å². The first-order chi connectivity index (χ1) is 21.0. The first-order valence-corrected chi connectivity index (χ1v) is 14.5. The molecule has 0 fully saturated rings. The third-order valence-corrected chi connectivity index (χ3v) is 7.30. The lowest BCUT2D eigenvalue weighted by Gasteiger charge is -2.14. The van der Waals surface area contributed by atoms with E-state index in [0.29, 0.717) is 0 Å². The molecule has 2 heteroatoms. The van der Waals surface area contributed by atoms with Crippen LogP contribution in [-0.4, -0.2) is 14.2 Å². The van der Waals surface area contributed by atoms with Crippen molar-refractivity contribution in [1.29, 1.82) is 0 Å². The Bertz CT molecular complexity index is 1600. The molecule has 0 aliphatic carbocycles. The Hall–Kier alpha value is -5.08. The molecule has 0 saturated heterocycles. The Morgan fingerprint density at radius 2 is 0.651 bits per heavy atom. The highest BCUT2D eigenvalue weighted by molar-refractivity contribution is 5.79. The second-order valence-corrected chi connectivity index (χ2v) is 10.2. The van der Waals surface area contributed by atoms with Crippen molar-refractivity contribution in [2.45, 2.75) is 20.8 Å². The molecule has 0 heterocycles. The van der Waals surface area contributed by atoms with Crippen molar-refractivity contribution in [3.63, 3.8) is 0 Å². The molecule has 0 radical (unpaired) electrons. The quantitative estimate of drug-likeness (QED) is 0.207. The minimum absolute atomic E-state index is 0.832. The maximum absolute atomic E-state index is 5.42. The van der Waals surface area contributed by atoms with Gasteiger partial charge in [0.15, 0.2) is 0 Å². The van der Waals surface area contributed by atoms with E-state index in [0.717, 1.165) is 22.6 Å². The van der Waals surface area contributed by atoms with Crippen LogP contribution in [0.3, 0.4) is 0 Å². The molecule has 0 aliphatic heterocycles. The van der Waals surface area contributed by atoms with Crippen molar-refractivity contribution in [3.05, 3.63) is 168 Å². The Labute approximate surface area is 257 Å². The molecule has 6 aromatic carbocycles. The minimum Gasteiger partial charge on any atom is -0.496 e. The van der Waals surface area contributed by atoms with Crippen LogP contribution in [0.4, 0.5) is 0 Å². The van der Waals surface area contributed by atoms with Gasteiger partial charge < -0.3 is 9.47 Å². The molecule has 216 valence electrons. The maximum Gasteiger partial charge on any atom is 0.130 e. The molecule has 0 atom stereocenters. The van der Waals surface area contributed by atoms with Crippen molar-refractivity contribution in [2.24, 2.45) is 0 Å². The molecule has 0 unspecified atom stereocenters. The van der Waals surface area contributed by atoms with Gasteiger partial charge >= 0.3 is 0 Å². The van der Waals surface area contributed by atoms with E-state index in [9.17, 15) is 0 Å². The summed E-state index contributed by atoms with van der Waals surface area (Å²) >= 11 is 0. The smallest absolute Gasteiger partial charge is 0.130 e. The van der Waals surface area contributed by atoms with Crippen LogP contribution in [0.15, 0.2) is 152 Å². The molecule has 0 N–H and O–H groups in total. The topological polar surface area (TPSA) is 18.5 Å². The lowest BCUT2D eigenvalue weighted by atomic mass is 9.99. The van der Waals surface area contributed by atoms with E-state index >= 15 is 0 Å². The predicted octanol–water partition coefficient (Wildman–Crippen LogP) is 11.0. The first-order valence-electron chi connectivity index (χ1n) is 14.5. The molecule has 0 bridgehead atoms. The molecular weight excluding hydrogens is 524 g/mol. The second-order valence-electron chi connectivity index (χ2n) is 10.2. The minimum atomic E-state index is 0.832. The second kappa shape index (κ2) is 15.8. The van der Waals surface area contributed by atoms with Gasteiger partial charge in [-0.05, 0) is 77.4 Å². The number of ether oxygens (including phenoxy) is 2. The van der Waals surface area contributed by atoms with Crippen LogP contribution >= 0.6 is 0 Å². The summed E-state index contributed by atoms with van der Waals surface area (Å²) in [5.41, 5.74) is 11.2. The van der Waals surface area contributed by atoms with E-state index in [-0.39, 0.29) is 0 Å². The van der Waals surface area contributed by atoms with E-state index in [1.54, 1.807) is 14.2 Å². The Morgan fingerprint density at radius 3 is 1.00 bits per heavy atom. The summed E-state index contributed by atoms with van der Waals surface area (Å²) in [6.07, 6.45) is 0. The summed E-state index contributed by atoms with van der Waals surface area (Å²) in [7, 11) is 3.35. The van der Waals surface area contributed by atoms with Crippen molar-refractivity contribution >= 4 is 0 Å². The van der Waals surface area contributed by atoms with Crippen LogP contribution < -0.4 is 9.47 Å². The fraction of sp³-hybridized carbons (Fsp3) is 0.122. The van der Waals surface area contributed by atoms with Crippen LogP contribution in [-0.2, 0) is 0 Å². The van der Waals surface area contributed by atoms with Crippen LogP contribution in [0.5, 0.6) is 11.5 Å². The van der Waals surface area contributed by atoms with E-state index in [1.165, 1.54) is 38.9 Å². The first kappa shape index (κ1) is 30.9. The van der Waals surface area contributed by atoms with Crippen molar-refractivity contribution in [3.8, 4) is 44.9 Å². The van der Waals surface area contributed by atoms with Crippen LogP contribution in [0.25, 0.3) is 33.4 Å². The van der Waals surface area contributed by atoms with Crippen LogP contribution in [0.1, 0.15) is 16.7 Å². The SMILES string of the molecule is COc1cccc(OC)c1-c1ccccc1C.Cc1ccccc1-c1ccccc1.Cc1ccccc1-c1ccccc1. The van der Waals surface area contributed by atoms with E-state index < -0.39 is 0 Å². The average Bonchev–Trinajstić information content (AvgIpc) is 3.06. The van der Waals surface area contributed by atoms with Crippen molar-refractivity contribution < 1.29 is 9.47 Å². The summed E-state index contributed by atoms with van der Waals surface area (Å²) < 4.78 is 10.8. The molecule has 0 saturated carbocycles. The zero-order valence-electron chi connectivity index (χ0n) is 25.8. The van der Waals surface area contributed by atoms with E-state index in [2.05, 4.69) is 130 Å². The van der Waals surface area contributed by atoms with Gasteiger partial charge in [0, 0.05) is 0 Å². The number of rotatable bonds is 5. The molecule has 2 nitrogen and oxygen atoms in total. The predicted molar refractivity (Wildman–Crippen MR) is 183 cm³/mol. The van der Waals surface area contributed by atoms with Gasteiger partial charge in [0.05, 0.1) is 19.8 Å². The number of hydrogen-bond acceptors (Lipinski definition) is 2. The molecule has 43 heavy (non-hydrogen) atoms. The lowest BCUT2D eigenvalue weighted by Crippen LogP contribution is -1.94. The third kappa shape index (κ3) is 8.24. The standard InChI is InChI=1S/C15H16O2.2C13H12/c1-11-7-4-5-8-12(11)15-13(16-2)9-6-10-14(15)17-3;2*1-11-7-5-6-10-13(11)12-8-3-2-4-9-12/h4-10H,1-3H3;2*2-10H,1H3. The highest BCUT2D eigenvalue weighted by Gasteiger charge is 2.13. The van der Waals surface area contributed by atoms with E-state index in [4.69, 9.17) is 9.47 Å². The van der Waals surface area contributed by atoms with Gasteiger partial charge in [-0.15, -0.1) is 0 Å². The summed E-state index contributed by atoms with van der Waals surface area (Å²) in [5.74, 6) is 1.66. The van der Waals surface area contributed by atoms with Crippen molar-refractivity contribution in [1.82, 2.24) is 0 Å². The zero-order chi connectivity index (χ0) is 30.4. The third-order valence-electron chi connectivity index (χ3n) is 7.30. The highest BCUT2D eigenvalue weighted by Crippen LogP contribution is 2.39. The van der Waals surface area contributed by atoms with E-state index in [1.807, 2.05) is 42.5 Å². The Kier molecular flexibility index (Phi) is 11.3. The van der Waals surface area contributed by atoms with Gasteiger partial charge in [-0.1, -0.05) is 140 Å². The summed E-state index contributed by atoms with van der Waals surface area (Å²) in [4.78, 5) is 0. The lowest BCUT2D eigenvalue weighted by molar-refractivity contribution is 0.397. The Morgan fingerprint density at radius 1 is 0.326 bits per heavy atom. The van der Waals surface area contributed by atoms with Gasteiger partial charge in [0.25, 0.3) is 0 Å². The average molecular weight is 565 g/mol. The molecule has 0 aromatic heterocycles. The van der Waals surface area contributed by atoms with Crippen LogP contribution in [0, 0.1) is 20.8 Å². The monoisotopic (exact) mass is 564 g/mol. The summed E-state index contributed by atoms with van der Waals surface area (Å²) in [6, 6.07) is 51.9. The number of hydrogen-bond donors (Lipinski definition) is 0. The zero-order valence-corrected chi connectivity index (χ0v) is 25.8. The molecule has 0 aliphatic rings. The van der Waals surface area contributed by atoms with Crippen LogP contribution in [0.2, 0.25) is 0 Å². The normalized spacial score (nSPS) is 9.98. The molecule has 0 spiro atoms. The summed E-state index contributed by atoms with van der Waals surface area (Å²) in [6.45, 7) is 6.37. The van der Waals surface area contributed by atoms with Gasteiger partial charge in [-0.3, -0.25) is 0 Å². The van der Waals surface area contributed by atoms with Gasteiger partial charge in [-0.25, -0.2) is 0 Å². The number of methoxy groups -OCH3 is 2. The highest BCUT2D eigenvalue weighted by atomic mass is 16.5. The summed E-state index contributed by atoms with van der Waals surface area (Å²) in [5, 5.41) is 0. The number of benzene rings is 6.